The molecule has 1 amide bonds. The van der Waals surface area contributed by atoms with Crippen LogP contribution < -0.4 is 10.6 Å². The first-order valence-corrected chi connectivity index (χ1v) is 6.85. The number of ether oxygens (including phenoxy) is 1. The molecule has 2 rings (SSSR count). The molecule has 0 unspecified atom stereocenters. The number of carbonyl (C=O) groups excluding carboxylic acids is 1. The standard InChI is InChI=1S/C14H21N3O2/c1-2-15-14(18)13-9-12(3-6-16-13)17-10-11-4-7-19-8-5-11/h3,6,9,11H,2,4-5,7-8,10H2,1H3,(H,15,18)(H,16,17). The molecule has 0 aromatic carbocycles. The predicted octanol–water partition coefficient (Wildman–Crippen LogP) is 1.67. The van der Waals surface area contributed by atoms with Crippen LogP contribution in [0.4, 0.5) is 5.69 Å². The molecule has 0 atom stereocenters. The fourth-order valence-electron chi connectivity index (χ4n) is 2.13. The molecule has 2 N–H and O–H groups in total. The van der Waals surface area contributed by atoms with Gasteiger partial charge in [0.05, 0.1) is 0 Å². The van der Waals surface area contributed by atoms with E-state index >= 15 is 0 Å². The Morgan fingerprint density at radius 2 is 2.26 bits per heavy atom. The fourth-order valence-corrected chi connectivity index (χ4v) is 2.13. The van der Waals surface area contributed by atoms with Crippen LogP contribution in [0.3, 0.4) is 0 Å². The van der Waals surface area contributed by atoms with E-state index in [1.54, 1.807) is 12.3 Å². The van der Waals surface area contributed by atoms with E-state index in [0.717, 1.165) is 38.3 Å². The summed E-state index contributed by atoms with van der Waals surface area (Å²) < 4.78 is 5.34. The number of aromatic nitrogens is 1. The summed E-state index contributed by atoms with van der Waals surface area (Å²) in [5, 5.41) is 6.12. The van der Waals surface area contributed by atoms with E-state index in [9.17, 15) is 4.79 Å². The Morgan fingerprint density at radius 3 is 3.00 bits per heavy atom. The van der Waals surface area contributed by atoms with Crippen molar-refractivity contribution >= 4 is 11.6 Å². The molecule has 0 aliphatic carbocycles. The van der Waals surface area contributed by atoms with Crippen LogP contribution in [-0.4, -0.2) is 37.2 Å². The molecule has 5 nitrogen and oxygen atoms in total. The van der Waals surface area contributed by atoms with Crippen molar-refractivity contribution in [3.8, 4) is 0 Å². The highest BCUT2D eigenvalue weighted by Crippen LogP contribution is 2.16. The topological polar surface area (TPSA) is 63.2 Å². The third-order valence-electron chi connectivity index (χ3n) is 3.27. The fraction of sp³-hybridized carbons (Fsp3) is 0.571. The van der Waals surface area contributed by atoms with Crippen LogP contribution in [0.2, 0.25) is 0 Å². The molecule has 1 saturated heterocycles. The Morgan fingerprint density at radius 1 is 1.47 bits per heavy atom. The van der Waals surface area contributed by atoms with Crippen molar-refractivity contribution in [2.45, 2.75) is 19.8 Å². The van der Waals surface area contributed by atoms with Crippen LogP contribution in [0.25, 0.3) is 0 Å². The molecule has 0 bridgehead atoms. The first-order chi connectivity index (χ1) is 9.29. The monoisotopic (exact) mass is 263 g/mol. The predicted molar refractivity (Wildman–Crippen MR) is 74.3 cm³/mol. The van der Waals surface area contributed by atoms with Gasteiger partial charge in [0.15, 0.2) is 0 Å². The zero-order valence-electron chi connectivity index (χ0n) is 11.3. The van der Waals surface area contributed by atoms with E-state index in [1.807, 2.05) is 13.0 Å². The quantitative estimate of drug-likeness (QED) is 0.848. The zero-order chi connectivity index (χ0) is 13.5. The smallest absolute Gasteiger partial charge is 0.269 e. The first kappa shape index (κ1) is 13.8. The van der Waals surface area contributed by atoms with E-state index in [0.29, 0.717) is 18.2 Å². The van der Waals surface area contributed by atoms with Gasteiger partial charge in [0, 0.05) is 38.2 Å². The van der Waals surface area contributed by atoms with Crippen LogP contribution >= 0.6 is 0 Å². The number of carbonyl (C=O) groups is 1. The van der Waals surface area contributed by atoms with Gasteiger partial charge in [-0.3, -0.25) is 9.78 Å². The van der Waals surface area contributed by atoms with Gasteiger partial charge in [-0.1, -0.05) is 0 Å². The molecule has 0 spiro atoms. The van der Waals surface area contributed by atoms with Gasteiger partial charge in [-0.15, -0.1) is 0 Å². The summed E-state index contributed by atoms with van der Waals surface area (Å²) >= 11 is 0. The molecular formula is C14H21N3O2. The number of amides is 1. The molecule has 1 aliphatic rings. The second-order valence-corrected chi connectivity index (χ2v) is 4.73. The van der Waals surface area contributed by atoms with Gasteiger partial charge in [0.1, 0.15) is 5.69 Å². The normalized spacial score (nSPS) is 16.1. The lowest BCUT2D eigenvalue weighted by Gasteiger charge is -2.22. The Hall–Kier alpha value is -1.62. The summed E-state index contributed by atoms with van der Waals surface area (Å²) in [4.78, 5) is 15.8. The molecule has 0 saturated carbocycles. The Labute approximate surface area is 113 Å². The molecule has 1 aliphatic heterocycles. The summed E-state index contributed by atoms with van der Waals surface area (Å²) in [6.07, 6.45) is 3.86. The summed E-state index contributed by atoms with van der Waals surface area (Å²) in [5.41, 5.74) is 1.40. The molecule has 104 valence electrons. The van der Waals surface area contributed by atoms with Crippen molar-refractivity contribution in [2.75, 3.05) is 31.6 Å². The number of rotatable bonds is 5. The second-order valence-electron chi connectivity index (χ2n) is 4.73. The number of hydrogen-bond acceptors (Lipinski definition) is 4. The minimum atomic E-state index is -0.128. The van der Waals surface area contributed by atoms with Crippen molar-refractivity contribution < 1.29 is 9.53 Å². The van der Waals surface area contributed by atoms with E-state index < -0.39 is 0 Å². The van der Waals surface area contributed by atoms with Gasteiger partial charge in [-0.05, 0) is 37.8 Å². The number of pyridine rings is 1. The van der Waals surface area contributed by atoms with Crippen molar-refractivity contribution in [1.29, 1.82) is 0 Å². The highest BCUT2D eigenvalue weighted by atomic mass is 16.5. The van der Waals surface area contributed by atoms with Crippen molar-refractivity contribution in [1.82, 2.24) is 10.3 Å². The SMILES string of the molecule is CCNC(=O)c1cc(NCC2CCOCC2)ccn1. The maximum atomic E-state index is 11.7. The molecule has 2 heterocycles. The van der Waals surface area contributed by atoms with Crippen LogP contribution in [0.1, 0.15) is 30.3 Å². The second kappa shape index (κ2) is 7.09. The van der Waals surface area contributed by atoms with Gasteiger partial charge < -0.3 is 15.4 Å². The number of anilines is 1. The van der Waals surface area contributed by atoms with Crippen molar-refractivity contribution in [2.24, 2.45) is 5.92 Å². The molecule has 0 radical (unpaired) electrons. The number of nitrogens with zero attached hydrogens (tertiary/aromatic N) is 1. The summed E-state index contributed by atoms with van der Waals surface area (Å²) in [6.45, 7) is 5.13. The third kappa shape index (κ3) is 4.21. The summed E-state index contributed by atoms with van der Waals surface area (Å²) in [6, 6.07) is 3.69. The van der Waals surface area contributed by atoms with Crippen LogP contribution in [0, 0.1) is 5.92 Å². The molecule has 5 heteroatoms. The summed E-state index contributed by atoms with van der Waals surface area (Å²) in [7, 11) is 0. The minimum absolute atomic E-state index is 0.128. The minimum Gasteiger partial charge on any atom is -0.385 e. The van der Waals surface area contributed by atoms with E-state index in [-0.39, 0.29) is 5.91 Å². The van der Waals surface area contributed by atoms with E-state index in [4.69, 9.17) is 4.74 Å². The average Bonchev–Trinajstić information content (AvgIpc) is 2.47. The maximum absolute atomic E-state index is 11.7. The largest absolute Gasteiger partial charge is 0.385 e. The molecular weight excluding hydrogens is 242 g/mol. The first-order valence-electron chi connectivity index (χ1n) is 6.85. The molecule has 1 fully saturated rings. The van der Waals surface area contributed by atoms with Gasteiger partial charge in [-0.25, -0.2) is 0 Å². The zero-order valence-corrected chi connectivity index (χ0v) is 11.3. The van der Waals surface area contributed by atoms with E-state index in [2.05, 4.69) is 15.6 Å². The lowest BCUT2D eigenvalue weighted by Crippen LogP contribution is -2.24. The molecule has 1 aromatic rings. The van der Waals surface area contributed by atoms with E-state index in [1.165, 1.54) is 0 Å². The number of hydrogen-bond donors (Lipinski definition) is 2. The van der Waals surface area contributed by atoms with Crippen LogP contribution in [0.5, 0.6) is 0 Å². The lowest BCUT2D eigenvalue weighted by atomic mass is 10.0. The highest BCUT2D eigenvalue weighted by molar-refractivity contribution is 5.93. The van der Waals surface area contributed by atoms with Gasteiger partial charge in [0.2, 0.25) is 0 Å². The molecule has 1 aromatic heterocycles. The summed E-state index contributed by atoms with van der Waals surface area (Å²) in [5.74, 6) is 0.520. The van der Waals surface area contributed by atoms with Crippen molar-refractivity contribution in [3.05, 3.63) is 24.0 Å². The number of nitrogens with one attached hydrogen (secondary N) is 2. The molecule has 19 heavy (non-hydrogen) atoms. The van der Waals surface area contributed by atoms with Gasteiger partial charge in [0.25, 0.3) is 5.91 Å². The maximum Gasteiger partial charge on any atom is 0.269 e. The Bertz CT molecular complexity index is 417. The average molecular weight is 263 g/mol. The van der Waals surface area contributed by atoms with Crippen molar-refractivity contribution in [3.63, 3.8) is 0 Å². The van der Waals surface area contributed by atoms with Gasteiger partial charge in [-0.2, -0.15) is 0 Å². The highest BCUT2D eigenvalue weighted by Gasteiger charge is 2.13. The van der Waals surface area contributed by atoms with Gasteiger partial charge >= 0.3 is 0 Å². The van der Waals surface area contributed by atoms with Crippen LogP contribution in [0.15, 0.2) is 18.3 Å². The Kier molecular flexibility index (Phi) is 5.15. The lowest BCUT2D eigenvalue weighted by molar-refractivity contribution is 0.0699. The Balaban J connectivity index is 1.89. The van der Waals surface area contributed by atoms with Crippen LogP contribution in [-0.2, 0) is 4.74 Å². The third-order valence-corrected chi connectivity index (χ3v) is 3.27.